The third-order valence-electron chi connectivity index (χ3n) is 2.93. The van der Waals surface area contributed by atoms with Crippen molar-refractivity contribution in [2.45, 2.75) is 29.8 Å². The van der Waals surface area contributed by atoms with Gasteiger partial charge < -0.3 is 0 Å². The molecule has 0 aliphatic heterocycles. The van der Waals surface area contributed by atoms with E-state index in [4.69, 9.17) is 11.6 Å². The number of thioether (sulfide) groups is 1. The van der Waals surface area contributed by atoms with Crippen LogP contribution in [0.15, 0.2) is 23.4 Å². The smallest absolute Gasteiger partial charge is 0.258 e. The number of nitro groups is 1. The fourth-order valence-electron chi connectivity index (χ4n) is 1.76. The number of hydrogen-bond acceptors (Lipinski definition) is 6. The van der Waals surface area contributed by atoms with Crippen molar-refractivity contribution in [3.63, 3.8) is 0 Å². The third-order valence-corrected chi connectivity index (χ3v) is 4.25. The molecule has 1 aliphatic carbocycles. The van der Waals surface area contributed by atoms with E-state index in [0.717, 1.165) is 23.6 Å². The Morgan fingerprint density at radius 3 is 3.00 bits per heavy atom. The highest BCUT2D eigenvalue weighted by Crippen LogP contribution is 2.37. The minimum Gasteiger partial charge on any atom is -0.258 e. The Bertz CT molecular complexity index is 658. The van der Waals surface area contributed by atoms with Gasteiger partial charge in [-0.3, -0.25) is 10.1 Å². The summed E-state index contributed by atoms with van der Waals surface area (Å²) in [4.78, 5) is 10.4. The van der Waals surface area contributed by atoms with E-state index in [9.17, 15) is 10.1 Å². The van der Waals surface area contributed by atoms with Crippen molar-refractivity contribution in [2.75, 3.05) is 0 Å². The topological polar surface area (TPSA) is 86.7 Å². The van der Waals surface area contributed by atoms with Crippen LogP contribution in [0.5, 0.6) is 0 Å². The summed E-state index contributed by atoms with van der Waals surface area (Å²) in [6, 6.07) is 5.21. The summed E-state index contributed by atoms with van der Waals surface area (Å²) in [5, 5.41) is 23.3. The minimum atomic E-state index is -0.481. The van der Waals surface area contributed by atoms with Gasteiger partial charge in [-0.2, -0.15) is 0 Å². The number of hydrogen-bond donors (Lipinski definition) is 0. The highest BCUT2D eigenvalue weighted by Gasteiger charge is 2.27. The lowest BCUT2D eigenvalue weighted by atomic mass is 10.2. The molecule has 1 aliphatic rings. The van der Waals surface area contributed by atoms with Crippen molar-refractivity contribution >= 4 is 29.1 Å². The van der Waals surface area contributed by atoms with Crippen molar-refractivity contribution in [1.82, 2.24) is 20.2 Å². The van der Waals surface area contributed by atoms with Crippen molar-refractivity contribution in [3.05, 3.63) is 38.9 Å². The highest BCUT2D eigenvalue weighted by molar-refractivity contribution is 7.98. The van der Waals surface area contributed by atoms with Gasteiger partial charge in [0.15, 0.2) is 0 Å². The van der Waals surface area contributed by atoms with Gasteiger partial charge in [-0.05, 0) is 34.9 Å². The van der Waals surface area contributed by atoms with Gasteiger partial charge in [0, 0.05) is 11.8 Å². The molecular weight excluding hydrogens is 302 g/mol. The maximum Gasteiger partial charge on any atom is 0.288 e. The van der Waals surface area contributed by atoms with Crippen LogP contribution >= 0.6 is 23.4 Å². The molecule has 1 heterocycles. The van der Waals surface area contributed by atoms with Gasteiger partial charge in [-0.15, -0.1) is 5.10 Å². The maximum atomic E-state index is 10.8. The zero-order valence-electron chi connectivity index (χ0n) is 10.3. The Morgan fingerprint density at radius 1 is 1.50 bits per heavy atom. The summed E-state index contributed by atoms with van der Waals surface area (Å²) >= 11 is 7.24. The molecule has 0 bridgehead atoms. The average molecular weight is 312 g/mol. The van der Waals surface area contributed by atoms with E-state index in [2.05, 4.69) is 15.5 Å². The first-order valence-corrected chi connectivity index (χ1v) is 7.35. The Labute approximate surface area is 123 Å². The standard InChI is InChI=1S/C11H10ClN5O2S/c12-9-4-1-7(5-10(9)17(18)19)6-20-11-13-14-15-16(11)8-2-3-8/h1,4-5,8H,2-3,6H2. The Hall–Kier alpha value is -1.67. The first-order chi connectivity index (χ1) is 9.65. The molecule has 1 aromatic carbocycles. The zero-order chi connectivity index (χ0) is 14.1. The van der Waals surface area contributed by atoms with Crippen LogP contribution in [0.25, 0.3) is 0 Å². The van der Waals surface area contributed by atoms with Crippen molar-refractivity contribution in [3.8, 4) is 0 Å². The molecule has 20 heavy (non-hydrogen) atoms. The van der Waals surface area contributed by atoms with Crippen molar-refractivity contribution in [2.24, 2.45) is 0 Å². The van der Waals surface area contributed by atoms with E-state index in [1.54, 1.807) is 12.1 Å². The molecule has 3 rings (SSSR count). The van der Waals surface area contributed by atoms with Crippen LogP contribution < -0.4 is 0 Å². The molecule has 0 atom stereocenters. The van der Waals surface area contributed by atoms with Crippen LogP contribution in [-0.4, -0.2) is 25.1 Å². The number of aromatic nitrogens is 4. The van der Waals surface area contributed by atoms with E-state index in [0.29, 0.717) is 11.8 Å². The SMILES string of the molecule is O=[N+]([O-])c1cc(CSc2nnnn2C2CC2)ccc1Cl. The van der Waals surface area contributed by atoms with Gasteiger partial charge in [0.05, 0.1) is 11.0 Å². The largest absolute Gasteiger partial charge is 0.288 e. The summed E-state index contributed by atoms with van der Waals surface area (Å²) in [5.41, 5.74) is 0.739. The molecular formula is C11H10ClN5O2S. The molecule has 0 unspecified atom stereocenters. The van der Waals surface area contributed by atoms with Gasteiger partial charge in [0.25, 0.3) is 5.69 Å². The predicted octanol–water partition coefficient (Wildman–Crippen LogP) is 2.86. The molecule has 0 amide bonds. The Kier molecular flexibility index (Phi) is 3.58. The summed E-state index contributed by atoms with van der Waals surface area (Å²) in [6.45, 7) is 0. The summed E-state index contributed by atoms with van der Waals surface area (Å²) in [7, 11) is 0. The fraction of sp³-hybridized carbons (Fsp3) is 0.364. The molecule has 9 heteroatoms. The van der Waals surface area contributed by atoms with Crippen LogP contribution in [0.2, 0.25) is 5.02 Å². The predicted molar refractivity (Wildman–Crippen MR) is 73.8 cm³/mol. The number of nitro benzene ring substituents is 1. The fourth-order valence-corrected chi connectivity index (χ4v) is 2.84. The lowest BCUT2D eigenvalue weighted by Gasteiger charge is -2.03. The molecule has 1 fully saturated rings. The quantitative estimate of drug-likeness (QED) is 0.479. The summed E-state index contributed by atoms with van der Waals surface area (Å²) in [5.74, 6) is 0.561. The normalized spacial score (nSPS) is 14.4. The van der Waals surface area contributed by atoms with Crippen LogP contribution in [0.4, 0.5) is 5.69 Å². The lowest BCUT2D eigenvalue weighted by molar-refractivity contribution is -0.384. The van der Waals surface area contributed by atoms with Crippen molar-refractivity contribution in [1.29, 1.82) is 0 Å². The molecule has 2 aromatic rings. The molecule has 7 nitrogen and oxygen atoms in total. The van der Waals surface area contributed by atoms with E-state index in [1.807, 2.05) is 4.68 Å². The van der Waals surface area contributed by atoms with Crippen LogP contribution in [0, 0.1) is 10.1 Å². The number of tetrazole rings is 1. The Balaban J connectivity index is 1.73. The van der Waals surface area contributed by atoms with Crippen LogP contribution in [-0.2, 0) is 5.75 Å². The van der Waals surface area contributed by atoms with E-state index >= 15 is 0 Å². The third kappa shape index (κ3) is 2.75. The maximum absolute atomic E-state index is 10.8. The number of nitrogens with zero attached hydrogens (tertiary/aromatic N) is 5. The first-order valence-electron chi connectivity index (χ1n) is 5.98. The second kappa shape index (κ2) is 5.37. The number of benzene rings is 1. The summed E-state index contributed by atoms with van der Waals surface area (Å²) in [6.07, 6.45) is 2.20. The first kappa shape index (κ1) is 13.3. The molecule has 0 N–H and O–H groups in total. The van der Waals surface area contributed by atoms with E-state index in [-0.39, 0.29) is 10.7 Å². The van der Waals surface area contributed by atoms with Gasteiger partial charge in [-0.25, -0.2) is 4.68 Å². The molecule has 0 radical (unpaired) electrons. The summed E-state index contributed by atoms with van der Waals surface area (Å²) < 4.78 is 1.81. The molecule has 1 aromatic heterocycles. The minimum absolute atomic E-state index is 0.0773. The van der Waals surface area contributed by atoms with E-state index < -0.39 is 4.92 Å². The highest BCUT2D eigenvalue weighted by atomic mass is 35.5. The molecule has 1 saturated carbocycles. The van der Waals surface area contributed by atoms with Gasteiger partial charge in [0.1, 0.15) is 5.02 Å². The monoisotopic (exact) mass is 311 g/mol. The van der Waals surface area contributed by atoms with Crippen molar-refractivity contribution < 1.29 is 4.92 Å². The second-order valence-electron chi connectivity index (χ2n) is 4.47. The van der Waals surface area contributed by atoms with E-state index in [1.165, 1.54) is 17.8 Å². The lowest BCUT2D eigenvalue weighted by Crippen LogP contribution is -1.99. The Morgan fingerprint density at radius 2 is 2.30 bits per heavy atom. The molecule has 104 valence electrons. The number of halogens is 1. The average Bonchev–Trinajstić information content (AvgIpc) is 3.16. The molecule has 0 spiro atoms. The van der Waals surface area contributed by atoms with Gasteiger partial charge in [-0.1, -0.05) is 29.4 Å². The molecule has 0 saturated heterocycles. The van der Waals surface area contributed by atoms with Gasteiger partial charge >= 0.3 is 0 Å². The zero-order valence-corrected chi connectivity index (χ0v) is 11.8. The second-order valence-corrected chi connectivity index (χ2v) is 5.82. The number of rotatable bonds is 5. The van der Waals surface area contributed by atoms with Crippen LogP contribution in [0.3, 0.4) is 0 Å². The van der Waals surface area contributed by atoms with Crippen LogP contribution in [0.1, 0.15) is 24.4 Å². The van der Waals surface area contributed by atoms with Gasteiger partial charge in [0.2, 0.25) is 5.16 Å².